The van der Waals surface area contributed by atoms with Crippen molar-refractivity contribution in [3.8, 4) is 5.00 Å². The minimum Gasteiger partial charge on any atom is -0.465 e. The number of carbonyl (C=O) groups excluding carboxylic acids is 4. The monoisotopic (exact) mass is 497 g/mol. The molecule has 4 heterocycles. The maximum Gasteiger partial charge on any atom is 0.341 e. The number of barbiturate groups is 1. The second kappa shape index (κ2) is 9.03. The molecule has 0 bridgehead atoms. The molecule has 4 rings (SSSR count). The van der Waals surface area contributed by atoms with E-state index < -0.39 is 23.8 Å². The van der Waals surface area contributed by atoms with Crippen molar-refractivity contribution in [2.24, 2.45) is 0 Å². The maximum absolute atomic E-state index is 13.1. The Bertz CT molecular complexity index is 1360. The van der Waals surface area contributed by atoms with Crippen molar-refractivity contribution < 1.29 is 23.9 Å². The lowest BCUT2D eigenvalue weighted by molar-refractivity contribution is -0.130. The number of hydrogen-bond acceptors (Lipinski definition) is 7. The molecule has 1 aliphatic rings. The third-order valence-corrected chi connectivity index (χ3v) is 7.86. The molecule has 1 saturated heterocycles. The largest absolute Gasteiger partial charge is 0.465 e. The third kappa shape index (κ3) is 3.99. The van der Waals surface area contributed by atoms with Crippen molar-refractivity contribution in [2.75, 3.05) is 7.11 Å². The molecule has 0 atom stereocenters. The van der Waals surface area contributed by atoms with Crippen LogP contribution in [0.3, 0.4) is 0 Å². The highest BCUT2D eigenvalue weighted by Gasteiger charge is 2.36. The highest BCUT2D eigenvalue weighted by atomic mass is 32.1. The highest BCUT2D eigenvalue weighted by molar-refractivity contribution is 7.15. The van der Waals surface area contributed by atoms with Crippen LogP contribution >= 0.6 is 22.7 Å². The summed E-state index contributed by atoms with van der Waals surface area (Å²) in [6.45, 7) is 7.64. The van der Waals surface area contributed by atoms with E-state index in [9.17, 15) is 19.2 Å². The van der Waals surface area contributed by atoms with Gasteiger partial charge in [0.05, 0.1) is 19.2 Å². The summed E-state index contributed by atoms with van der Waals surface area (Å²) in [5.74, 6) is -1.81. The number of imide groups is 2. The van der Waals surface area contributed by atoms with E-state index in [1.807, 2.05) is 55.8 Å². The molecule has 3 aromatic rings. The van der Waals surface area contributed by atoms with Crippen molar-refractivity contribution >= 4 is 52.6 Å². The van der Waals surface area contributed by atoms with Crippen molar-refractivity contribution in [3.63, 3.8) is 0 Å². The lowest BCUT2D eigenvalue weighted by Crippen LogP contribution is -2.53. The summed E-state index contributed by atoms with van der Waals surface area (Å²) in [6, 6.07) is 4.76. The molecule has 4 amide bonds. The summed E-state index contributed by atoms with van der Waals surface area (Å²) in [4.78, 5) is 53.3. The zero-order chi connectivity index (χ0) is 24.7. The standard InChI is InChI=1S/C24H23N3O5S2/c1-12-9-16(14(3)27(12)22-19(23(30)32-5)13(2)15(4)34-22)10-18-20(28)25-24(31)26(21(18)29)11-17-7-6-8-33-17/h6-10H,11H2,1-5H3,(H,25,28,31)/b18-10+. The predicted molar refractivity (Wildman–Crippen MR) is 130 cm³/mol. The van der Waals surface area contributed by atoms with Gasteiger partial charge in [0, 0.05) is 21.1 Å². The zero-order valence-corrected chi connectivity index (χ0v) is 21.0. The van der Waals surface area contributed by atoms with Crippen LogP contribution in [-0.2, 0) is 20.9 Å². The highest BCUT2D eigenvalue weighted by Crippen LogP contribution is 2.35. The second-order valence-corrected chi connectivity index (χ2v) is 10.1. The molecule has 10 heteroatoms. The summed E-state index contributed by atoms with van der Waals surface area (Å²) in [6.07, 6.45) is 1.50. The zero-order valence-electron chi connectivity index (χ0n) is 19.3. The van der Waals surface area contributed by atoms with Crippen LogP contribution in [-0.4, -0.2) is 40.4 Å². The number of rotatable bonds is 5. The van der Waals surface area contributed by atoms with E-state index in [2.05, 4.69) is 5.32 Å². The average Bonchev–Trinajstić information content (AvgIpc) is 3.47. The molecule has 0 aromatic carbocycles. The minimum atomic E-state index is -0.738. The number of methoxy groups -OCH3 is 1. The molecule has 0 radical (unpaired) electrons. The number of esters is 1. The van der Waals surface area contributed by atoms with E-state index in [1.165, 1.54) is 35.9 Å². The smallest absolute Gasteiger partial charge is 0.341 e. The number of amides is 4. The summed E-state index contributed by atoms with van der Waals surface area (Å²) >= 11 is 2.90. The van der Waals surface area contributed by atoms with E-state index in [0.717, 1.165) is 36.6 Å². The van der Waals surface area contributed by atoms with Crippen LogP contribution in [0.4, 0.5) is 4.79 Å². The van der Waals surface area contributed by atoms with Gasteiger partial charge in [-0.3, -0.25) is 19.8 Å². The molecule has 176 valence electrons. The Morgan fingerprint density at radius 3 is 2.56 bits per heavy atom. The van der Waals surface area contributed by atoms with Gasteiger partial charge in [0.2, 0.25) is 0 Å². The van der Waals surface area contributed by atoms with E-state index >= 15 is 0 Å². The fourth-order valence-electron chi connectivity index (χ4n) is 3.91. The number of urea groups is 1. The van der Waals surface area contributed by atoms with Gasteiger partial charge < -0.3 is 9.30 Å². The van der Waals surface area contributed by atoms with E-state index in [4.69, 9.17) is 4.74 Å². The number of aromatic nitrogens is 1. The first-order valence-electron chi connectivity index (χ1n) is 10.4. The van der Waals surface area contributed by atoms with Crippen LogP contribution in [0.1, 0.15) is 42.6 Å². The number of hydrogen-bond donors (Lipinski definition) is 1. The lowest BCUT2D eigenvalue weighted by atomic mass is 10.1. The molecule has 0 unspecified atom stereocenters. The van der Waals surface area contributed by atoms with Crippen LogP contribution in [0.15, 0.2) is 29.2 Å². The van der Waals surface area contributed by atoms with Gasteiger partial charge in [-0.25, -0.2) is 9.59 Å². The van der Waals surface area contributed by atoms with Crippen LogP contribution in [0, 0.1) is 27.7 Å². The Kier molecular flexibility index (Phi) is 6.28. The molecule has 1 fully saturated rings. The first-order valence-corrected chi connectivity index (χ1v) is 12.1. The van der Waals surface area contributed by atoms with Crippen molar-refractivity contribution in [2.45, 2.75) is 34.2 Å². The van der Waals surface area contributed by atoms with E-state index in [1.54, 1.807) is 0 Å². The van der Waals surface area contributed by atoms with Crippen molar-refractivity contribution in [3.05, 3.63) is 67.0 Å². The molecule has 0 spiro atoms. The summed E-state index contributed by atoms with van der Waals surface area (Å²) < 4.78 is 6.92. The Labute approximate surface area is 204 Å². The number of carbonyl (C=O) groups is 4. The summed E-state index contributed by atoms with van der Waals surface area (Å²) in [7, 11) is 1.35. The normalized spacial score (nSPS) is 15.3. The predicted octanol–water partition coefficient (Wildman–Crippen LogP) is 4.28. The second-order valence-electron chi connectivity index (χ2n) is 7.90. The average molecular weight is 498 g/mol. The molecule has 0 saturated carbocycles. The van der Waals surface area contributed by atoms with Gasteiger partial charge in [0.15, 0.2) is 0 Å². The molecule has 8 nitrogen and oxygen atoms in total. The number of ether oxygens (including phenoxy) is 1. The Balaban J connectivity index is 1.77. The quantitative estimate of drug-likeness (QED) is 0.322. The van der Waals surface area contributed by atoms with Gasteiger partial charge >= 0.3 is 12.0 Å². The Hall–Kier alpha value is -3.50. The number of aryl methyl sites for hydroxylation is 2. The summed E-state index contributed by atoms with van der Waals surface area (Å²) in [5, 5.41) is 4.83. The topological polar surface area (TPSA) is 97.7 Å². The van der Waals surface area contributed by atoms with Crippen LogP contribution < -0.4 is 5.32 Å². The van der Waals surface area contributed by atoms with Gasteiger partial charge in [-0.15, -0.1) is 22.7 Å². The molecular formula is C24H23N3O5S2. The third-order valence-electron chi connectivity index (χ3n) is 5.81. The van der Waals surface area contributed by atoms with Crippen molar-refractivity contribution in [1.82, 2.24) is 14.8 Å². The van der Waals surface area contributed by atoms with Crippen LogP contribution in [0.2, 0.25) is 0 Å². The van der Waals surface area contributed by atoms with Gasteiger partial charge in [-0.05, 0) is 62.4 Å². The van der Waals surface area contributed by atoms with Gasteiger partial charge in [0.1, 0.15) is 10.6 Å². The molecule has 1 aliphatic heterocycles. The number of nitrogens with zero attached hydrogens (tertiary/aromatic N) is 2. The van der Waals surface area contributed by atoms with Crippen molar-refractivity contribution in [1.29, 1.82) is 0 Å². The number of nitrogens with one attached hydrogen (secondary N) is 1. The minimum absolute atomic E-state index is 0.0855. The van der Waals surface area contributed by atoms with Gasteiger partial charge in [-0.1, -0.05) is 6.07 Å². The fraction of sp³-hybridized carbons (Fsp3) is 0.250. The number of thiophene rings is 2. The SMILES string of the molecule is COC(=O)c1c(-n2c(C)cc(/C=C3\C(=O)NC(=O)N(Cc4cccs4)C3=O)c2C)sc(C)c1C. The summed E-state index contributed by atoms with van der Waals surface area (Å²) in [5.41, 5.74) is 3.43. The maximum atomic E-state index is 13.1. The fourth-order valence-corrected chi connectivity index (χ4v) is 5.86. The molecule has 3 aromatic heterocycles. The Morgan fingerprint density at radius 1 is 1.18 bits per heavy atom. The van der Waals surface area contributed by atoms with Crippen LogP contribution in [0.25, 0.3) is 11.1 Å². The van der Waals surface area contributed by atoms with Gasteiger partial charge in [-0.2, -0.15) is 0 Å². The van der Waals surface area contributed by atoms with E-state index in [-0.39, 0.29) is 12.1 Å². The van der Waals surface area contributed by atoms with Gasteiger partial charge in [0.25, 0.3) is 11.8 Å². The van der Waals surface area contributed by atoms with E-state index in [0.29, 0.717) is 11.1 Å². The first kappa shape index (κ1) is 23.7. The molecular weight excluding hydrogens is 474 g/mol. The molecule has 1 N–H and O–H groups in total. The van der Waals surface area contributed by atoms with Crippen LogP contribution in [0.5, 0.6) is 0 Å². The Morgan fingerprint density at radius 2 is 1.91 bits per heavy atom. The molecule has 0 aliphatic carbocycles. The lowest BCUT2D eigenvalue weighted by Gasteiger charge is -2.25. The first-order chi connectivity index (χ1) is 16.1. The molecule has 34 heavy (non-hydrogen) atoms.